The van der Waals surface area contributed by atoms with Crippen LogP contribution in [-0.4, -0.2) is 35.3 Å². The van der Waals surface area contributed by atoms with Crippen LogP contribution in [-0.2, 0) is 11.3 Å². The standard InChI is InChI=1S/C25H23N3O4S/c1-32-13-5-12-28-23-20(24(30)27-25(28)31)18(14-8-10-15(33-2)11-9-14)19-21(26-23)16-6-3-4-7-17(16)22(19)29/h3-4,6-11,18,26H,5,12-13H2,1-2H3,(H,27,30,31). The Hall–Kier alpha value is -3.36. The van der Waals surface area contributed by atoms with Crippen LogP contribution < -0.4 is 16.6 Å². The molecule has 5 rings (SSSR count). The number of Topliss-reactive ketones (excluding diaryl/α,β-unsaturated/α-hetero) is 1. The van der Waals surface area contributed by atoms with E-state index in [-0.39, 0.29) is 5.78 Å². The van der Waals surface area contributed by atoms with E-state index in [9.17, 15) is 14.4 Å². The molecule has 7 nitrogen and oxygen atoms in total. The second-order valence-corrected chi connectivity index (χ2v) is 8.89. The van der Waals surface area contributed by atoms with Gasteiger partial charge in [0.15, 0.2) is 5.78 Å². The average molecular weight is 462 g/mol. The van der Waals surface area contributed by atoms with Gasteiger partial charge in [-0.3, -0.25) is 19.1 Å². The van der Waals surface area contributed by atoms with E-state index in [2.05, 4.69) is 10.3 Å². The summed E-state index contributed by atoms with van der Waals surface area (Å²) in [4.78, 5) is 43.0. The summed E-state index contributed by atoms with van der Waals surface area (Å²) in [6, 6.07) is 15.3. The van der Waals surface area contributed by atoms with E-state index in [1.165, 1.54) is 4.57 Å². The molecule has 1 aliphatic heterocycles. The third-order valence-electron chi connectivity index (χ3n) is 6.19. The van der Waals surface area contributed by atoms with Crippen LogP contribution in [0.15, 0.2) is 68.6 Å². The van der Waals surface area contributed by atoms with Gasteiger partial charge in [0.1, 0.15) is 5.82 Å². The highest BCUT2D eigenvalue weighted by Gasteiger charge is 2.42. The van der Waals surface area contributed by atoms with Crippen molar-refractivity contribution in [2.75, 3.05) is 25.3 Å². The van der Waals surface area contributed by atoms with Gasteiger partial charge in [0.05, 0.1) is 11.3 Å². The second-order valence-electron chi connectivity index (χ2n) is 8.01. The topological polar surface area (TPSA) is 93.2 Å². The molecule has 1 atom stereocenters. The summed E-state index contributed by atoms with van der Waals surface area (Å²) in [6.45, 7) is 0.851. The summed E-state index contributed by atoms with van der Waals surface area (Å²) in [7, 11) is 1.61. The van der Waals surface area contributed by atoms with E-state index >= 15 is 0 Å². The third-order valence-corrected chi connectivity index (χ3v) is 6.93. The maximum Gasteiger partial charge on any atom is 0.329 e. The van der Waals surface area contributed by atoms with E-state index in [1.807, 2.05) is 48.7 Å². The largest absolute Gasteiger partial charge is 0.385 e. The smallest absolute Gasteiger partial charge is 0.329 e. The number of ether oxygens (including phenoxy) is 1. The monoisotopic (exact) mass is 461 g/mol. The van der Waals surface area contributed by atoms with Crippen molar-refractivity contribution in [3.63, 3.8) is 0 Å². The molecule has 2 aromatic carbocycles. The Bertz CT molecular complexity index is 1400. The fourth-order valence-electron chi connectivity index (χ4n) is 4.67. The predicted molar refractivity (Wildman–Crippen MR) is 129 cm³/mol. The highest BCUT2D eigenvalue weighted by molar-refractivity contribution is 7.98. The highest BCUT2D eigenvalue weighted by Crippen LogP contribution is 2.47. The Kier molecular flexibility index (Phi) is 5.55. The number of nitrogens with one attached hydrogen (secondary N) is 2. The zero-order valence-electron chi connectivity index (χ0n) is 18.3. The molecule has 0 fully saturated rings. The van der Waals surface area contributed by atoms with Crippen molar-refractivity contribution in [3.8, 4) is 0 Å². The molecule has 0 spiro atoms. The molecular formula is C25H23N3O4S. The summed E-state index contributed by atoms with van der Waals surface area (Å²) >= 11 is 1.62. The molecule has 1 aliphatic carbocycles. The average Bonchev–Trinajstić information content (AvgIpc) is 3.12. The molecule has 0 radical (unpaired) electrons. The van der Waals surface area contributed by atoms with Crippen molar-refractivity contribution in [2.45, 2.75) is 23.8 Å². The minimum Gasteiger partial charge on any atom is -0.385 e. The van der Waals surface area contributed by atoms with E-state index in [1.54, 1.807) is 24.9 Å². The summed E-state index contributed by atoms with van der Waals surface area (Å²) < 4.78 is 6.69. The van der Waals surface area contributed by atoms with E-state index in [0.29, 0.717) is 47.8 Å². The number of carbonyl (C=O) groups excluding carboxylic acids is 1. The van der Waals surface area contributed by atoms with Gasteiger partial charge in [0.2, 0.25) is 0 Å². The van der Waals surface area contributed by atoms with Crippen LogP contribution in [0, 0.1) is 0 Å². The van der Waals surface area contributed by atoms with Gasteiger partial charge >= 0.3 is 5.69 Å². The lowest BCUT2D eigenvalue weighted by Gasteiger charge is -2.29. The predicted octanol–water partition coefficient (Wildman–Crippen LogP) is 3.46. The first-order valence-corrected chi connectivity index (χ1v) is 11.9. The molecule has 0 saturated carbocycles. The normalized spacial score (nSPS) is 16.3. The Morgan fingerprint density at radius 3 is 2.45 bits per heavy atom. The minimum atomic E-state index is -0.593. The molecule has 168 valence electrons. The number of rotatable bonds is 6. The van der Waals surface area contributed by atoms with Crippen molar-refractivity contribution < 1.29 is 9.53 Å². The van der Waals surface area contributed by atoms with Crippen molar-refractivity contribution in [1.82, 2.24) is 9.55 Å². The number of hydrogen-bond donors (Lipinski definition) is 2. The third kappa shape index (κ3) is 3.46. The van der Waals surface area contributed by atoms with E-state index < -0.39 is 17.2 Å². The quantitative estimate of drug-likeness (QED) is 0.431. The van der Waals surface area contributed by atoms with Gasteiger partial charge in [-0.2, -0.15) is 0 Å². The van der Waals surface area contributed by atoms with Crippen molar-refractivity contribution in [2.24, 2.45) is 0 Å². The lowest BCUT2D eigenvalue weighted by atomic mass is 9.81. The lowest BCUT2D eigenvalue weighted by Crippen LogP contribution is -2.38. The van der Waals surface area contributed by atoms with E-state index in [0.717, 1.165) is 16.0 Å². The van der Waals surface area contributed by atoms with Crippen LogP contribution in [0.4, 0.5) is 5.82 Å². The molecule has 1 aromatic heterocycles. The molecule has 2 heterocycles. The maximum absolute atomic E-state index is 13.5. The SMILES string of the molecule is COCCCn1c2c(c(=O)[nH]c1=O)C(c1ccc(SC)cc1)C1=C(N2)c2ccccc2C1=O. The number of thioether (sulfide) groups is 1. The van der Waals surface area contributed by atoms with Crippen LogP contribution in [0.3, 0.4) is 0 Å². The Balaban J connectivity index is 1.77. The number of fused-ring (bicyclic) bond motifs is 3. The van der Waals surface area contributed by atoms with Gasteiger partial charge in [-0.05, 0) is 30.4 Å². The fourth-order valence-corrected chi connectivity index (χ4v) is 5.08. The Labute approximate surface area is 194 Å². The van der Waals surface area contributed by atoms with Gasteiger partial charge in [-0.1, -0.05) is 36.4 Å². The van der Waals surface area contributed by atoms with Crippen molar-refractivity contribution in [1.29, 1.82) is 0 Å². The van der Waals surface area contributed by atoms with Gasteiger partial charge in [-0.15, -0.1) is 11.8 Å². The first-order valence-electron chi connectivity index (χ1n) is 10.7. The zero-order valence-corrected chi connectivity index (χ0v) is 19.1. The number of nitrogens with zero attached hydrogens (tertiary/aromatic N) is 1. The highest BCUT2D eigenvalue weighted by atomic mass is 32.2. The molecule has 2 N–H and O–H groups in total. The number of hydrogen-bond acceptors (Lipinski definition) is 6. The molecule has 0 amide bonds. The van der Waals surface area contributed by atoms with Crippen molar-refractivity contribution in [3.05, 3.63) is 97.2 Å². The summed E-state index contributed by atoms with van der Waals surface area (Å²) in [5, 5.41) is 3.30. The molecule has 8 heteroatoms. The molecule has 1 unspecified atom stereocenters. The van der Waals surface area contributed by atoms with Gasteiger partial charge in [0, 0.05) is 47.8 Å². The van der Waals surface area contributed by atoms with Crippen LogP contribution in [0.25, 0.3) is 5.70 Å². The number of aromatic amines is 1. The first kappa shape index (κ1) is 21.5. The van der Waals surface area contributed by atoms with Crippen molar-refractivity contribution >= 4 is 29.1 Å². The lowest BCUT2D eigenvalue weighted by molar-refractivity contribution is 0.103. The van der Waals surface area contributed by atoms with Crippen LogP contribution in [0.2, 0.25) is 0 Å². The molecule has 0 saturated heterocycles. The molecule has 2 aliphatic rings. The number of anilines is 1. The first-order chi connectivity index (χ1) is 16.0. The number of ketones is 1. The van der Waals surface area contributed by atoms with Crippen LogP contribution in [0.5, 0.6) is 0 Å². The van der Waals surface area contributed by atoms with Gasteiger partial charge in [0.25, 0.3) is 5.56 Å². The summed E-state index contributed by atoms with van der Waals surface area (Å²) in [5.74, 6) is -0.263. The molecule has 3 aromatic rings. The fraction of sp³-hybridized carbons (Fsp3) is 0.240. The number of aromatic nitrogens is 2. The summed E-state index contributed by atoms with van der Waals surface area (Å²) in [5.41, 5.74) is 2.81. The summed E-state index contributed by atoms with van der Waals surface area (Å²) in [6.07, 6.45) is 2.60. The number of methoxy groups -OCH3 is 1. The Morgan fingerprint density at radius 1 is 1.03 bits per heavy atom. The number of allylic oxidation sites excluding steroid dienone is 1. The zero-order chi connectivity index (χ0) is 23.1. The minimum absolute atomic E-state index is 0.103. The van der Waals surface area contributed by atoms with Crippen LogP contribution in [0.1, 0.15) is 39.4 Å². The number of H-pyrrole nitrogens is 1. The van der Waals surface area contributed by atoms with Gasteiger partial charge < -0.3 is 10.1 Å². The second kappa shape index (κ2) is 8.53. The molecular weight excluding hydrogens is 438 g/mol. The number of benzene rings is 2. The molecule has 33 heavy (non-hydrogen) atoms. The Morgan fingerprint density at radius 2 is 1.76 bits per heavy atom. The maximum atomic E-state index is 13.5. The molecule has 0 bridgehead atoms. The van der Waals surface area contributed by atoms with E-state index in [4.69, 9.17) is 4.74 Å². The van der Waals surface area contributed by atoms with Crippen LogP contribution >= 0.6 is 11.8 Å². The number of carbonyl (C=O) groups is 1. The van der Waals surface area contributed by atoms with Gasteiger partial charge in [-0.25, -0.2) is 4.79 Å².